The molecule has 0 aromatic carbocycles. The fourth-order valence-electron chi connectivity index (χ4n) is 0.986. The van der Waals surface area contributed by atoms with Crippen LogP contribution in [0.3, 0.4) is 0 Å². The number of hydrogen-bond donors (Lipinski definition) is 1. The SMILES string of the molecule is [B]C1OC(CO)C(=O)C1(F)C#C. The molecule has 0 saturated carbocycles. The second-order valence-electron chi connectivity index (χ2n) is 2.45. The summed E-state index contributed by atoms with van der Waals surface area (Å²) < 4.78 is 17.9. The van der Waals surface area contributed by atoms with Gasteiger partial charge >= 0.3 is 0 Å². The van der Waals surface area contributed by atoms with Gasteiger partial charge in [-0.05, 0) is 0 Å². The summed E-state index contributed by atoms with van der Waals surface area (Å²) in [5, 5.41) is 8.55. The number of ether oxygens (including phenoxy) is 1. The van der Waals surface area contributed by atoms with Crippen molar-refractivity contribution < 1.29 is 19.0 Å². The summed E-state index contributed by atoms with van der Waals surface area (Å²) in [6, 6.07) is -1.48. The zero-order valence-electron chi connectivity index (χ0n) is 6.16. The molecule has 3 atom stereocenters. The van der Waals surface area contributed by atoms with E-state index in [9.17, 15) is 9.18 Å². The molecule has 1 aliphatic rings. The van der Waals surface area contributed by atoms with E-state index < -0.39 is 30.2 Å². The third-order valence-electron chi connectivity index (χ3n) is 1.73. The van der Waals surface area contributed by atoms with Crippen molar-refractivity contribution in [3.8, 4) is 12.3 Å². The van der Waals surface area contributed by atoms with Gasteiger partial charge in [0.2, 0.25) is 11.5 Å². The Labute approximate surface area is 70.3 Å². The number of aliphatic hydroxyl groups is 1. The predicted molar refractivity (Wildman–Crippen MR) is 39.2 cm³/mol. The fourth-order valence-corrected chi connectivity index (χ4v) is 0.986. The van der Waals surface area contributed by atoms with Crippen LogP contribution in [0.4, 0.5) is 4.39 Å². The predicted octanol–water partition coefficient (Wildman–Crippen LogP) is -1.22. The van der Waals surface area contributed by atoms with Crippen LogP contribution in [0.2, 0.25) is 0 Å². The van der Waals surface area contributed by atoms with Crippen LogP contribution in [0.1, 0.15) is 0 Å². The Morgan fingerprint density at radius 3 is 2.75 bits per heavy atom. The van der Waals surface area contributed by atoms with Crippen LogP contribution in [0, 0.1) is 12.3 Å². The van der Waals surface area contributed by atoms with Gasteiger partial charge < -0.3 is 9.84 Å². The van der Waals surface area contributed by atoms with Crippen molar-refractivity contribution in [2.24, 2.45) is 0 Å². The number of alkyl halides is 1. The molecule has 1 aliphatic heterocycles. The van der Waals surface area contributed by atoms with E-state index in [0.717, 1.165) is 0 Å². The highest BCUT2D eigenvalue weighted by Crippen LogP contribution is 2.28. The standard InChI is InChI=1S/C7H6BFO3/c1-2-7(9)5(11)4(3-10)12-6(7)8/h1,4,6,10H,3H2. The van der Waals surface area contributed by atoms with Crippen molar-refractivity contribution in [3.05, 3.63) is 0 Å². The van der Waals surface area contributed by atoms with Crippen LogP contribution in [0.15, 0.2) is 0 Å². The number of halogens is 1. The van der Waals surface area contributed by atoms with Crippen LogP contribution < -0.4 is 0 Å². The maximum Gasteiger partial charge on any atom is 0.248 e. The van der Waals surface area contributed by atoms with Gasteiger partial charge in [-0.2, -0.15) is 0 Å². The van der Waals surface area contributed by atoms with Gasteiger partial charge in [-0.3, -0.25) is 4.79 Å². The Morgan fingerprint density at radius 2 is 2.50 bits per heavy atom. The van der Waals surface area contributed by atoms with Crippen molar-refractivity contribution >= 4 is 13.6 Å². The molecule has 1 fully saturated rings. The molecule has 2 radical (unpaired) electrons. The zero-order chi connectivity index (χ0) is 9.35. The molecular formula is C7H6BFO3. The van der Waals surface area contributed by atoms with E-state index in [4.69, 9.17) is 19.4 Å². The second-order valence-corrected chi connectivity index (χ2v) is 2.45. The molecular weight excluding hydrogens is 162 g/mol. The van der Waals surface area contributed by atoms with Crippen LogP contribution >= 0.6 is 0 Å². The van der Waals surface area contributed by atoms with Gasteiger partial charge in [0.1, 0.15) is 14.0 Å². The van der Waals surface area contributed by atoms with E-state index in [1.165, 1.54) is 0 Å². The average molecular weight is 168 g/mol. The summed E-state index contributed by atoms with van der Waals surface area (Å²) in [4.78, 5) is 11.0. The van der Waals surface area contributed by atoms with Gasteiger partial charge in [0.25, 0.3) is 0 Å². The Kier molecular flexibility index (Phi) is 2.22. The van der Waals surface area contributed by atoms with E-state index in [1.807, 2.05) is 0 Å². The first-order valence-corrected chi connectivity index (χ1v) is 3.29. The molecule has 1 rings (SSSR count). The molecule has 0 amide bonds. The Morgan fingerprint density at radius 1 is 1.92 bits per heavy atom. The smallest absolute Gasteiger partial charge is 0.248 e. The highest BCUT2D eigenvalue weighted by Gasteiger charge is 2.53. The first-order valence-electron chi connectivity index (χ1n) is 3.29. The van der Waals surface area contributed by atoms with Crippen molar-refractivity contribution in [2.45, 2.75) is 17.8 Å². The van der Waals surface area contributed by atoms with Crippen LogP contribution in [-0.2, 0) is 9.53 Å². The Balaban J connectivity index is 2.93. The highest BCUT2D eigenvalue weighted by molar-refractivity contribution is 6.17. The third-order valence-corrected chi connectivity index (χ3v) is 1.73. The highest BCUT2D eigenvalue weighted by atomic mass is 19.1. The largest absolute Gasteiger partial charge is 0.393 e. The summed E-state index contributed by atoms with van der Waals surface area (Å²) >= 11 is 0. The molecule has 12 heavy (non-hydrogen) atoms. The van der Waals surface area contributed by atoms with Crippen LogP contribution in [0.5, 0.6) is 0 Å². The lowest BCUT2D eigenvalue weighted by Gasteiger charge is -2.13. The molecule has 3 nitrogen and oxygen atoms in total. The quantitative estimate of drug-likeness (QED) is 0.394. The monoisotopic (exact) mass is 168 g/mol. The van der Waals surface area contributed by atoms with Crippen LogP contribution in [0.25, 0.3) is 0 Å². The van der Waals surface area contributed by atoms with Crippen molar-refractivity contribution in [2.75, 3.05) is 6.61 Å². The lowest BCUT2D eigenvalue weighted by molar-refractivity contribution is -0.128. The molecule has 5 heteroatoms. The van der Waals surface area contributed by atoms with Gasteiger partial charge in [-0.15, -0.1) is 6.42 Å². The number of carbonyl (C=O) groups excluding carboxylic acids is 1. The van der Waals surface area contributed by atoms with E-state index in [0.29, 0.717) is 0 Å². The van der Waals surface area contributed by atoms with Crippen molar-refractivity contribution in [1.82, 2.24) is 0 Å². The van der Waals surface area contributed by atoms with Crippen LogP contribution in [-0.4, -0.2) is 43.1 Å². The third kappa shape index (κ3) is 1.04. The second kappa shape index (κ2) is 2.89. The van der Waals surface area contributed by atoms with E-state index in [1.54, 1.807) is 5.92 Å². The molecule has 1 saturated heterocycles. The first-order chi connectivity index (χ1) is 5.56. The molecule has 1 heterocycles. The molecule has 0 aromatic rings. The van der Waals surface area contributed by atoms with Gasteiger partial charge in [0, 0.05) is 0 Å². The van der Waals surface area contributed by atoms with E-state index in [2.05, 4.69) is 4.74 Å². The molecule has 1 N–H and O–H groups in total. The number of aliphatic hydroxyl groups excluding tert-OH is 1. The fraction of sp³-hybridized carbons (Fsp3) is 0.571. The number of carbonyl (C=O) groups is 1. The Hall–Kier alpha value is -0.855. The molecule has 3 unspecified atom stereocenters. The minimum Gasteiger partial charge on any atom is -0.393 e. The van der Waals surface area contributed by atoms with Gasteiger partial charge in [0.15, 0.2) is 0 Å². The summed E-state index contributed by atoms with van der Waals surface area (Å²) in [6.45, 7) is -0.611. The topological polar surface area (TPSA) is 46.5 Å². The number of hydrogen-bond acceptors (Lipinski definition) is 3. The number of rotatable bonds is 1. The minimum absolute atomic E-state index is 0.611. The number of Topliss-reactive ketones (excluding diaryl/α,β-unsaturated/α-hetero) is 1. The van der Waals surface area contributed by atoms with Crippen molar-refractivity contribution in [1.29, 1.82) is 0 Å². The normalized spacial score (nSPS) is 41.2. The summed E-state index contributed by atoms with van der Waals surface area (Å²) in [5.41, 5.74) is -2.59. The van der Waals surface area contributed by atoms with Crippen molar-refractivity contribution in [3.63, 3.8) is 0 Å². The van der Waals surface area contributed by atoms with Gasteiger partial charge in [-0.25, -0.2) is 4.39 Å². The Bertz CT molecular complexity index is 250. The van der Waals surface area contributed by atoms with E-state index >= 15 is 0 Å². The minimum atomic E-state index is -2.59. The van der Waals surface area contributed by atoms with E-state index in [-0.39, 0.29) is 0 Å². The lowest BCUT2D eigenvalue weighted by Crippen LogP contribution is -2.39. The number of terminal acetylenes is 1. The summed E-state index contributed by atoms with van der Waals surface area (Å²) in [6.07, 6.45) is 3.54. The molecule has 0 spiro atoms. The lowest BCUT2D eigenvalue weighted by atomic mass is 9.83. The summed E-state index contributed by atoms with van der Waals surface area (Å²) in [5.74, 6) is 0.641. The maximum atomic E-state index is 13.3. The first kappa shape index (κ1) is 9.23. The maximum absolute atomic E-state index is 13.3. The molecule has 0 bridgehead atoms. The average Bonchev–Trinajstić information content (AvgIpc) is 2.30. The van der Waals surface area contributed by atoms with Gasteiger partial charge in [-0.1, -0.05) is 5.92 Å². The summed E-state index contributed by atoms with van der Waals surface area (Å²) in [7, 11) is 5.11. The van der Waals surface area contributed by atoms with Gasteiger partial charge in [0.05, 0.1) is 12.6 Å². The number of ketones is 1. The zero-order valence-corrected chi connectivity index (χ0v) is 6.16. The molecule has 62 valence electrons. The molecule has 0 aromatic heterocycles. The molecule has 0 aliphatic carbocycles.